The fourth-order valence-electron chi connectivity index (χ4n) is 1.89. The van der Waals surface area contributed by atoms with Crippen LogP contribution in [-0.4, -0.2) is 26.1 Å². The van der Waals surface area contributed by atoms with E-state index in [2.05, 4.69) is 0 Å². The molecule has 0 aliphatic heterocycles. The largest absolute Gasteiger partial charge is 0.497 e. The SMILES string of the molecule is COc1ccc(N(CCCN)C(=O)c2ccco2)cc1. The van der Waals surface area contributed by atoms with Gasteiger partial charge in [0.05, 0.1) is 13.4 Å². The maximum absolute atomic E-state index is 12.4. The number of hydrogen-bond donors (Lipinski definition) is 1. The van der Waals surface area contributed by atoms with Gasteiger partial charge in [0, 0.05) is 12.2 Å². The van der Waals surface area contributed by atoms with E-state index < -0.39 is 0 Å². The predicted molar refractivity (Wildman–Crippen MR) is 77.0 cm³/mol. The molecule has 0 atom stereocenters. The van der Waals surface area contributed by atoms with E-state index in [9.17, 15) is 4.79 Å². The predicted octanol–water partition coefficient (Wildman–Crippen LogP) is 2.28. The first-order chi connectivity index (χ1) is 9.76. The number of methoxy groups -OCH3 is 1. The number of anilines is 1. The second kappa shape index (κ2) is 6.77. The van der Waals surface area contributed by atoms with Crippen LogP contribution in [-0.2, 0) is 0 Å². The summed E-state index contributed by atoms with van der Waals surface area (Å²) >= 11 is 0. The summed E-state index contributed by atoms with van der Waals surface area (Å²) in [4.78, 5) is 14.1. The van der Waals surface area contributed by atoms with Crippen LogP contribution in [0.2, 0.25) is 0 Å². The Balaban J connectivity index is 2.23. The topological polar surface area (TPSA) is 68.7 Å². The van der Waals surface area contributed by atoms with Crippen molar-refractivity contribution >= 4 is 11.6 Å². The van der Waals surface area contributed by atoms with Crippen LogP contribution in [0.5, 0.6) is 5.75 Å². The zero-order valence-electron chi connectivity index (χ0n) is 11.4. The maximum Gasteiger partial charge on any atom is 0.293 e. The van der Waals surface area contributed by atoms with Gasteiger partial charge in [-0.1, -0.05) is 0 Å². The highest BCUT2D eigenvalue weighted by Gasteiger charge is 2.19. The first-order valence-corrected chi connectivity index (χ1v) is 6.45. The van der Waals surface area contributed by atoms with Crippen molar-refractivity contribution in [3.8, 4) is 5.75 Å². The number of hydrogen-bond acceptors (Lipinski definition) is 4. The number of nitrogens with zero attached hydrogens (tertiary/aromatic N) is 1. The van der Waals surface area contributed by atoms with Crippen LogP contribution in [0, 0.1) is 0 Å². The smallest absolute Gasteiger partial charge is 0.293 e. The van der Waals surface area contributed by atoms with Gasteiger partial charge >= 0.3 is 0 Å². The number of rotatable bonds is 6. The van der Waals surface area contributed by atoms with E-state index in [0.717, 1.165) is 17.9 Å². The molecule has 0 saturated heterocycles. The number of amides is 1. The van der Waals surface area contributed by atoms with Gasteiger partial charge in [-0.05, 0) is 49.4 Å². The van der Waals surface area contributed by atoms with Crippen molar-refractivity contribution in [2.45, 2.75) is 6.42 Å². The maximum atomic E-state index is 12.4. The fourth-order valence-corrected chi connectivity index (χ4v) is 1.89. The van der Waals surface area contributed by atoms with Gasteiger partial charge in [0.15, 0.2) is 5.76 Å². The molecule has 0 aliphatic rings. The van der Waals surface area contributed by atoms with Gasteiger partial charge in [-0.25, -0.2) is 0 Å². The van der Waals surface area contributed by atoms with Crippen LogP contribution < -0.4 is 15.4 Å². The molecule has 0 fully saturated rings. The molecule has 1 heterocycles. The Morgan fingerprint density at radius 1 is 1.30 bits per heavy atom. The van der Waals surface area contributed by atoms with Gasteiger partial charge in [0.1, 0.15) is 5.75 Å². The Kier molecular flexibility index (Phi) is 4.79. The molecule has 0 aliphatic carbocycles. The normalized spacial score (nSPS) is 10.3. The molecule has 106 valence electrons. The van der Waals surface area contributed by atoms with E-state index in [1.54, 1.807) is 24.1 Å². The Labute approximate surface area is 117 Å². The molecule has 1 amide bonds. The zero-order chi connectivity index (χ0) is 14.4. The second-order valence-corrected chi connectivity index (χ2v) is 4.27. The molecular weight excluding hydrogens is 256 g/mol. The van der Waals surface area contributed by atoms with Crippen molar-refractivity contribution in [3.05, 3.63) is 48.4 Å². The number of ether oxygens (including phenoxy) is 1. The van der Waals surface area contributed by atoms with Gasteiger partial charge in [0.25, 0.3) is 5.91 Å². The minimum absolute atomic E-state index is 0.173. The summed E-state index contributed by atoms with van der Waals surface area (Å²) in [5.41, 5.74) is 6.33. The Morgan fingerprint density at radius 2 is 2.05 bits per heavy atom. The monoisotopic (exact) mass is 274 g/mol. The Bertz CT molecular complexity index is 535. The van der Waals surface area contributed by atoms with Gasteiger partial charge in [-0.2, -0.15) is 0 Å². The van der Waals surface area contributed by atoms with Gasteiger partial charge < -0.3 is 19.8 Å². The van der Waals surface area contributed by atoms with E-state index in [1.165, 1.54) is 6.26 Å². The van der Waals surface area contributed by atoms with Gasteiger partial charge in [-0.3, -0.25) is 4.79 Å². The van der Waals surface area contributed by atoms with Crippen molar-refractivity contribution in [1.29, 1.82) is 0 Å². The minimum Gasteiger partial charge on any atom is -0.497 e. The summed E-state index contributed by atoms with van der Waals surface area (Å²) in [5.74, 6) is 0.893. The lowest BCUT2D eigenvalue weighted by Gasteiger charge is -2.21. The third-order valence-electron chi connectivity index (χ3n) is 2.95. The third-order valence-corrected chi connectivity index (χ3v) is 2.95. The van der Waals surface area contributed by atoms with Gasteiger partial charge in [0.2, 0.25) is 0 Å². The highest BCUT2D eigenvalue weighted by Crippen LogP contribution is 2.21. The summed E-state index contributed by atoms with van der Waals surface area (Å²) in [6, 6.07) is 10.7. The first-order valence-electron chi connectivity index (χ1n) is 6.45. The first kappa shape index (κ1) is 14.1. The average molecular weight is 274 g/mol. The molecule has 1 aromatic carbocycles. The molecule has 0 spiro atoms. The molecule has 2 aromatic rings. The van der Waals surface area contributed by atoms with E-state index in [4.69, 9.17) is 14.9 Å². The fraction of sp³-hybridized carbons (Fsp3) is 0.267. The van der Waals surface area contributed by atoms with Crippen molar-refractivity contribution in [3.63, 3.8) is 0 Å². The lowest BCUT2D eigenvalue weighted by atomic mass is 10.2. The molecule has 0 radical (unpaired) electrons. The Morgan fingerprint density at radius 3 is 2.60 bits per heavy atom. The summed E-state index contributed by atoms with van der Waals surface area (Å²) < 4.78 is 10.3. The van der Waals surface area contributed by atoms with Crippen molar-refractivity contribution in [2.75, 3.05) is 25.1 Å². The molecule has 0 unspecified atom stereocenters. The molecule has 5 nitrogen and oxygen atoms in total. The van der Waals surface area contributed by atoms with E-state index in [1.807, 2.05) is 24.3 Å². The number of nitrogens with two attached hydrogens (primary N) is 1. The van der Waals surface area contributed by atoms with Crippen molar-refractivity contribution in [2.24, 2.45) is 5.73 Å². The van der Waals surface area contributed by atoms with E-state index >= 15 is 0 Å². The summed E-state index contributed by atoms with van der Waals surface area (Å²) in [5, 5.41) is 0. The number of benzene rings is 1. The number of carbonyl (C=O) groups is 1. The van der Waals surface area contributed by atoms with Crippen LogP contribution in [0.25, 0.3) is 0 Å². The second-order valence-electron chi connectivity index (χ2n) is 4.27. The lowest BCUT2D eigenvalue weighted by molar-refractivity contribution is 0.0960. The molecule has 2 rings (SSSR count). The van der Waals surface area contributed by atoms with E-state index in [0.29, 0.717) is 18.8 Å². The molecular formula is C15H18N2O3. The number of carbonyl (C=O) groups excluding carboxylic acids is 1. The summed E-state index contributed by atoms with van der Waals surface area (Å²) in [7, 11) is 1.61. The minimum atomic E-state index is -0.173. The van der Waals surface area contributed by atoms with Crippen molar-refractivity contribution in [1.82, 2.24) is 0 Å². The summed E-state index contributed by atoms with van der Waals surface area (Å²) in [6.07, 6.45) is 2.21. The third kappa shape index (κ3) is 3.19. The quantitative estimate of drug-likeness (QED) is 0.877. The van der Waals surface area contributed by atoms with Crippen LogP contribution in [0.1, 0.15) is 17.0 Å². The van der Waals surface area contributed by atoms with Crippen LogP contribution in [0.3, 0.4) is 0 Å². The molecule has 0 bridgehead atoms. The molecule has 0 saturated carbocycles. The molecule has 2 N–H and O–H groups in total. The standard InChI is InChI=1S/C15H18N2O3/c1-19-13-7-5-12(6-8-13)17(10-3-9-16)15(18)14-4-2-11-20-14/h2,4-8,11H,3,9-10,16H2,1H3. The highest BCUT2D eigenvalue weighted by molar-refractivity contribution is 6.04. The average Bonchev–Trinajstić information content (AvgIpc) is 3.02. The van der Waals surface area contributed by atoms with Crippen molar-refractivity contribution < 1.29 is 13.9 Å². The molecule has 5 heteroatoms. The lowest BCUT2D eigenvalue weighted by Crippen LogP contribution is -2.32. The van der Waals surface area contributed by atoms with Crippen LogP contribution in [0.15, 0.2) is 47.1 Å². The molecule has 1 aromatic heterocycles. The zero-order valence-corrected chi connectivity index (χ0v) is 11.4. The van der Waals surface area contributed by atoms with Crippen LogP contribution in [0.4, 0.5) is 5.69 Å². The van der Waals surface area contributed by atoms with Crippen LogP contribution >= 0.6 is 0 Å². The van der Waals surface area contributed by atoms with Gasteiger partial charge in [-0.15, -0.1) is 0 Å². The Hall–Kier alpha value is -2.27. The van der Waals surface area contributed by atoms with E-state index in [-0.39, 0.29) is 5.91 Å². The summed E-state index contributed by atoms with van der Waals surface area (Å²) in [6.45, 7) is 1.07. The highest BCUT2D eigenvalue weighted by atomic mass is 16.5. The molecule has 20 heavy (non-hydrogen) atoms. The number of furan rings is 1.